The van der Waals surface area contributed by atoms with E-state index in [0.29, 0.717) is 0 Å². The van der Waals surface area contributed by atoms with Gasteiger partial charge in [-0.1, -0.05) is 60.7 Å². The summed E-state index contributed by atoms with van der Waals surface area (Å²) >= 11 is 1.98. The molecule has 1 aliphatic rings. The highest BCUT2D eigenvalue weighted by atomic mass is 32.2. The molecule has 0 N–H and O–H groups in total. The van der Waals surface area contributed by atoms with Gasteiger partial charge in [0.1, 0.15) is 0 Å². The van der Waals surface area contributed by atoms with Crippen LogP contribution in [0.3, 0.4) is 0 Å². The predicted octanol–water partition coefficient (Wildman–Crippen LogP) is 4.08. The van der Waals surface area contributed by atoms with Crippen LogP contribution in [0.15, 0.2) is 60.7 Å². The van der Waals surface area contributed by atoms with Crippen molar-refractivity contribution in [2.24, 2.45) is 0 Å². The van der Waals surface area contributed by atoms with Crippen LogP contribution in [-0.4, -0.2) is 18.5 Å². The van der Waals surface area contributed by atoms with Crippen molar-refractivity contribution in [3.8, 4) is 0 Å². The molecule has 1 aliphatic heterocycles. The zero-order valence-electron chi connectivity index (χ0n) is 11.1. The number of rotatable bonds is 4. The summed E-state index contributed by atoms with van der Waals surface area (Å²) in [6.45, 7) is 2.84. The van der Waals surface area contributed by atoms with Gasteiger partial charge in [-0.05, 0) is 18.1 Å². The first kappa shape index (κ1) is 12.8. The first-order valence-corrected chi connectivity index (χ1v) is 7.73. The fourth-order valence-electron chi connectivity index (χ4n) is 2.76. The second-order valence-corrected chi connectivity index (χ2v) is 5.99. The van der Waals surface area contributed by atoms with Crippen molar-refractivity contribution in [2.75, 3.05) is 12.4 Å². The predicted molar refractivity (Wildman–Crippen MR) is 81.5 cm³/mol. The summed E-state index contributed by atoms with van der Waals surface area (Å²) < 4.78 is 5.95. The molecular formula is C17H18OS. The van der Waals surface area contributed by atoms with Crippen LogP contribution < -0.4 is 0 Å². The maximum atomic E-state index is 5.98. The number of benzene rings is 2. The van der Waals surface area contributed by atoms with Crippen molar-refractivity contribution >= 4 is 11.8 Å². The molecule has 1 heterocycles. The summed E-state index contributed by atoms with van der Waals surface area (Å²) in [6, 6.07) is 21.4. The molecule has 1 fully saturated rings. The molecule has 2 aromatic rings. The van der Waals surface area contributed by atoms with Crippen LogP contribution >= 0.6 is 11.8 Å². The Kier molecular flexibility index (Phi) is 3.63. The molecule has 2 aromatic carbocycles. The van der Waals surface area contributed by atoms with Gasteiger partial charge < -0.3 is 4.74 Å². The molecule has 0 radical (unpaired) electrons. The summed E-state index contributed by atoms with van der Waals surface area (Å²) in [5.74, 6) is 1.07. The zero-order valence-corrected chi connectivity index (χ0v) is 11.9. The minimum Gasteiger partial charge on any atom is -0.375 e. The normalized spacial score (nSPS) is 20.8. The third-order valence-electron chi connectivity index (χ3n) is 3.69. The zero-order chi connectivity index (χ0) is 13.1. The number of thioether (sulfide) groups is 1. The molecule has 1 nitrogen and oxygen atoms in total. The van der Waals surface area contributed by atoms with Crippen molar-refractivity contribution in [2.45, 2.75) is 17.8 Å². The number of hydrogen-bond acceptors (Lipinski definition) is 2. The number of ether oxygens (including phenoxy) is 1. The summed E-state index contributed by atoms with van der Waals surface area (Å²) in [5, 5.41) is 0. The Balaban J connectivity index is 2.07. The standard InChI is InChI=1S/C17H18OS/c1-2-18-16-13-19-17(16,14-9-5-3-6-10-14)15-11-7-4-8-12-15/h3-12,16H,2,13H2,1H3. The van der Waals surface area contributed by atoms with E-state index in [9.17, 15) is 0 Å². The first-order chi connectivity index (χ1) is 9.38. The lowest BCUT2D eigenvalue weighted by Gasteiger charge is -2.49. The Morgan fingerprint density at radius 2 is 1.53 bits per heavy atom. The Morgan fingerprint density at radius 3 is 1.89 bits per heavy atom. The van der Waals surface area contributed by atoms with Crippen molar-refractivity contribution in [1.82, 2.24) is 0 Å². The Hall–Kier alpha value is -1.25. The van der Waals surface area contributed by atoms with Crippen LogP contribution in [0.25, 0.3) is 0 Å². The minimum atomic E-state index is -0.0292. The molecule has 98 valence electrons. The molecular weight excluding hydrogens is 252 g/mol. The number of hydrogen-bond donors (Lipinski definition) is 0. The van der Waals surface area contributed by atoms with Crippen LogP contribution in [0.2, 0.25) is 0 Å². The average Bonchev–Trinajstić information content (AvgIpc) is 2.46. The first-order valence-electron chi connectivity index (χ1n) is 6.74. The second kappa shape index (κ2) is 5.40. The molecule has 1 atom stereocenters. The topological polar surface area (TPSA) is 9.23 Å². The van der Waals surface area contributed by atoms with E-state index in [-0.39, 0.29) is 10.9 Å². The van der Waals surface area contributed by atoms with E-state index in [0.717, 1.165) is 12.4 Å². The lowest BCUT2D eigenvalue weighted by molar-refractivity contribution is 0.0475. The van der Waals surface area contributed by atoms with E-state index in [1.54, 1.807) is 0 Å². The van der Waals surface area contributed by atoms with Gasteiger partial charge in [0.05, 0.1) is 10.9 Å². The Labute approximate surface area is 119 Å². The van der Waals surface area contributed by atoms with Crippen molar-refractivity contribution in [3.63, 3.8) is 0 Å². The molecule has 1 unspecified atom stereocenters. The largest absolute Gasteiger partial charge is 0.375 e. The summed E-state index contributed by atoms with van der Waals surface area (Å²) in [5.41, 5.74) is 2.69. The third-order valence-corrected chi connectivity index (χ3v) is 5.35. The fraction of sp³-hybridized carbons (Fsp3) is 0.294. The van der Waals surface area contributed by atoms with Gasteiger partial charge in [-0.2, -0.15) is 0 Å². The van der Waals surface area contributed by atoms with E-state index in [4.69, 9.17) is 4.74 Å². The Morgan fingerprint density at radius 1 is 1.00 bits per heavy atom. The van der Waals surface area contributed by atoms with Crippen LogP contribution in [0.4, 0.5) is 0 Å². The average molecular weight is 270 g/mol. The van der Waals surface area contributed by atoms with Gasteiger partial charge in [0.15, 0.2) is 0 Å². The molecule has 3 rings (SSSR count). The van der Waals surface area contributed by atoms with Gasteiger partial charge >= 0.3 is 0 Å². The SMILES string of the molecule is CCOC1CSC1(c1ccccc1)c1ccccc1. The van der Waals surface area contributed by atoms with Gasteiger partial charge in [0, 0.05) is 12.4 Å². The molecule has 2 heteroatoms. The monoisotopic (exact) mass is 270 g/mol. The lowest BCUT2D eigenvalue weighted by Crippen LogP contribution is -2.50. The Bertz CT molecular complexity index is 484. The highest BCUT2D eigenvalue weighted by molar-refractivity contribution is 8.02. The van der Waals surface area contributed by atoms with E-state index < -0.39 is 0 Å². The molecule has 0 spiro atoms. The van der Waals surface area contributed by atoms with Crippen molar-refractivity contribution < 1.29 is 4.74 Å². The molecule has 0 bridgehead atoms. The fourth-order valence-corrected chi connectivity index (χ4v) is 4.17. The molecule has 0 aliphatic carbocycles. The smallest absolute Gasteiger partial charge is 0.0927 e. The van der Waals surface area contributed by atoms with Gasteiger partial charge in [-0.15, -0.1) is 11.8 Å². The molecule has 0 amide bonds. The maximum absolute atomic E-state index is 5.98. The van der Waals surface area contributed by atoms with Crippen LogP contribution in [0.5, 0.6) is 0 Å². The molecule has 0 aromatic heterocycles. The highest BCUT2D eigenvalue weighted by Gasteiger charge is 2.51. The van der Waals surface area contributed by atoms with Gasteiger partial charge in [0.2, 0.25) is 0 Å². The van der Waals surface area contributed by atoms with E-state index in [2.05, 4.69) is 67.6 Å². The van der Waals surface area contributed by atoms with E-state index in [1.807, 2.05) is 11.8 Å². The molecule has 19 heavy (non-hydrogen) atoms. The van der Waals surface area contributed by atoms with Gasteiger partial charge in [0.25, 0.3) is 0 Å². The molecule has 1 saturated heterocycles. The summed E-state index contributed by atoms with van der Waals surface area (Å²) in [6.07, 6.45) is 0.271. The quantitative estimate of drug-likeness (QED) is 0.828. The van der Waals surface area contributed by atoms with Crippen molar-refractivity contribution in [1.29, 1.82) is 0 Å². The van der Waals surface area contributed by atoms with Crippen LogP contribution in [-0.2, 0) is 9.48 Å². The minimum absolute atomic E-state index is 0.0292. The van der Waals surface area contributed by atoms with Gasteiger partial charge in [-0.25, -0.2) is 0 Å². The van der Waals surface area contributed by atoms with Crippen LogP contribution in [0, 0.1) is 0 Å². The van der Waals surface area contributed by atoms with E-state index in [1.165, 1.54) is 11.1 Å². The second-order valence-electron chi connectivity index (χ2n) is 4.72. The van der Waals surface area contributed by atoms with Crippen molar-refractivity contribution in [3.05, 3.63) is 71.8 Å². The third kappa shape index (κ3) is 2.09. The lowest BCUT2D eigenvalue weighted by atomic mass is 9.85. The molecule has 0 saturated carbocycles. The summed E-state index contributed by atoms with van der Waals surface area (Å²) in [7, 11) is 0. The van der Waals surface area contributed by atoms with E-state index >= 15 is 0 Å². The van der Waals surface area contributed by atoms with Crippen LogP contribution in [0.1, 0.15) is 18.1 Å². The van der Waals surface area contributed by atoms with Gasteiger partial charge in [-0.3, -0.25) is 0 Å². The highest BCUT2D eigenvalue weighted by Crippen LogP contribution is 2.55. The maximum Gasteiger partial charge on any atom is 0.0927 e. The summed E-state index contributed by atoms with van der Waals surface area (Å²) in [4.78, 5) is 0.